The van der Waals surface area contributed by atoms with Crippen LogP contribution in [0.2, 0.25) is 0 Å². The maximum Gasteiger partial charge on any atom is 0.277 e. The highest BCUT2D eigenvalue weighted by Crippen LogP contribution is 2.13. The number of aryl methyl sites for hydroxylation is 2. The summed E-state index contributed by atoms with van der Waals surface area (Å²) in [6.07, 6.45) is 0.678. The highest BCUT2D eigenvalue weighted by Gasteiger charge is 2.26. The van der Waals surface area contributed by atoms with Crippen molar-refractivity contribution < 1.29 is 9.59 Å². The summed E-state index contributed by atoms with van der Waals surface area (Å²) in [7, 11) is 0. The quantitative estimate of drug-likeness (QED) is 0.618. The maximum absolute atomic E-state index is 12.4. The molecule has 0 aliphatic rings. The number of nitrogens with one attached hydrogen (secondary N) is 1. The van der Waals surface area contributed by atoms with E-state index >= 15 is 0 Å². The zero-order valence-corrected chi connectivity index (χ0v) is 15.8. The van der Waals surface area contributed by atoms with Crippen molar-refractivity contribution in [3.05, 3.63) is 64.4 Å². The van der Waals surface area contributed by atoms with Crippen LogP contribution in [-0.4, -0.2) is 26.7 Å². The molecule has 8 heteroatoms. The zero-order chi connectivity index (χ0) is 20.8. The number of Topliss-reactive ketones (excluding diaryl/α,β-unsaturated/α-hetero) is 1. The summed E-state index contributed by atoms with van der Waals surface area (Å²) < 4.78 is 1.07. The summed E-state index contributed by atoms with van der Waals surface area (Å²) in [5.41, 5.74) is 1.70. The Bertz CT molecular complexity index is 1150. The van der Waals surface area contributed by atoms with E-state index in [0.717, 1.165) is 16.7 Å². The lowest BCUT2D eigenvalue weighted by Crippen LogP contribution is -2.31. The van der Waals surface area contributed by atoms with Crippen molar-refractivity contribution in [3.63, 3.8) is 0 Å². The Balaban J connectivity index is 1.66. The number of carbonyl (C=O) groups excluding carboxylic acids is 2. The fourth-order valence-corrected chi connectivity index (χ4v) is 2.85. The minimum absolute atomic E-state index is 0.0633. The summed E-state index contributed by atoms with van der Waals surface area (Å²) in [6, 6.07) is 15.7. The lowest BCUT2D eigenvalue weighted by atomic mass is 10.0. The highest BCUT2D eigenvalue weighted by atomic mass is 16.2. The predicted molar refractivity (Wildman–Crippen MR) is 107 cm³/mol. The predicted octanol–water partition coefficient (Wildman–Crippen LogP) is 2.09. The van der Waals surface area contributed by atoms with Crippen molar-refractivity contribution in [2.24, 2.45) is 5.92 Å². The number of aromatic nitrogens is 3. The molecule has 1 heterocycles. The topological polar surface area (TPSA) is 118 Å². The summed E-state index contributed by atoms with van der Waals surface area (Å²) in [5, 5.41) is 20.0. The number of rotatable bonds is 7. The average molecular weight is 389 g/mol. The van der Waals surface area contributed by atoms with Crippen molar-refractivity contribution in [1.82, 2.24) is 15.0 Å². The summed E-state index contributed by atoms with van der Waals surface area (Å²) in [6.45, 7) is 1.95. The molecule has 3 aromatic rings. The van der Waals surface area contributed by atoms with E-state index < -0.39 is 17.6 Å². The van der Waals surface area contributed by atoms with Crippen LogP contribution in [0.1, 0.15) is 18.9 Å². The van der Waals surface area contributed by atoms with Gasteiger partial charge in [0, 0.05) is 12.1 Å². The van der Waals surface area contributed by atoms with Crippen LogP contribution in [0.15, 0.2) is 53.3 Å². The van der Waals surface area contributed by atoms with Gasteiger partial charge in [0.2, 0.25) is 5.91 Å². The van der Waals surface area contributed by atoms with Crippen LogP contribution in [0.4, 0.5) is 5.69 Å². The normalized spacial score (nSPS) is 11.6. The van der Waals surface area contributed by atoms with Gasteiger partial charge in [-0.3, -0.25) is 14.4 Å². The number of fused-ring (bicyclic) bond motifs is 1. The third kappa shape index (κ3) is 4.52. The van der Waals surface area contributed by atoms with Gasteiger partial charge in [0.1, 0.15) is 5.52 Å². The lowest BCUT2D eigenvalue weighted by molar-refractivity contribution is -0.129. The summed E-state index contributed by atoms with van der Waals surface area (Å²) in [5.74, 6) is -2.75. The molecule has 0 saturated carbocycles. The van der Waals surface area contributed by atoms with Gasteiger partial charge in [0.15, 0.2) is 11.7 Å². The molecule has 1 amide bonds. The van der Waals surface area contributed by atoms with Crippen LogP contribution < -0.4 is 10.9 Å². The van der Waals surface area contributed by atoms with Crippen molar-refractivity contribution in [1.29, 1.82) is 5.26 Å². The standard InChI is InChI=1S/C21H19N5O3/c1-2-14-7-9-15(10-8-14)23-20(28)17(13-22)19(27)11-12-26-21(29)16-5-3-4-6-18(16)24-25-26/h3-10,17H,2,11-12H2,1H3,(H,23,28). The molecule has 3 rings (SSSR count). The molecule has 8 nitrogen and oxygen atoms in total. The highest BCUT2D eigenvalue weighted by molar-refractivity contribution is 6.09. The molecule has 0 radical (unpaired) electrons. The molecule has 1 atom stereocenters. The number of nitrogens with zero attached hydrogens (tertiary/aromatic N) is 4. The number of hydrogen-bond donors (Lipinski definition) is 1. The van der Waals surface area contributed by atoms with E-state index in [2.05, 4.69) is 15.6 Å². The summed E-state index contributed by atoms with van der Waals surface area (Å²) >= 11 is 0. The van der Waals surface area contributed by atoms with E-state index in [4.69, 9.17) is 0 Å². The van der Waals surface area contributed by atoms with E-state index in [1.54, 1.807) is 42.5 Å². The van der Waals surface area contributed by atoms with E-state index in [0.29, 0.717) is 16.6 Å². The molecule has 0 saturated heterocycles. The van der Waals surface area contributed by atoms with Gasteiger partial charge in [-0.15, -0.1) is 5.10 Å². The first-order valence-electron chi connectivity index (χ1n) is 9.18. The second-order valence-electron chi connectivity index (χ2n) is 6.45. The molecular weight excluding hydrogens is 370 g/mol. The Labute approximate surface area is 166 Å². The fraction of sp³-hybridized carbons (Fsp3) is 0.238. The van der Waals surface area contributed by atoms with Crippen LogP contribution in [0, 0.1) is 17.2 Å². The Kier molecular flexibility index (Phi) is 6.09. The molecule has 1 aromatic heterocycles. The van der Waals surface area contributed by atoms with Gasteiger partial charge in [-0.1, -0.05) is 36.4 Å². The number of carbonyl (C=O) groups is 2. The summed E-state index contributed by atoms with van der Waals surface area (Å²) in [4.78, 5) is 37.2. The number of anilines is 1. The molecule has 2 aromatic carbocycles. The van der Waals surface area contributed by atoms with Gasteiger partial charge in [0.25, 0.3) is 5.56 Å². The Hall–Kier alpha value is -3.86. The van der Waals surface area contributed by atoms with E-state index in [1.165, 1.54) is 0 Å². The third-order valence-electron chi connectivity index (χ3n) is 4.54. The number of benzene rings is 2. The van der Waals surface area contributed by atoms with Crippen LogP contribution >= 0.6 is 0 Å². The molecule has 29 heavy (non-hydrogen) atoms. The molecule has 0 spiro atoms. The first-order chi connectivity index (χ1) is 14.0. The van der Waals surface area contributed by atoms with Crippen LogP contribution in [0.25, 0.3) is 10.9 Å². The van der Waals surface area contributed by atoms with Crippen LogP contribution in [0.3, 0.4) is 0 Å². The Morgan fingerprint density at radius 2 is 1.90 bits per heavy atom. The van der Waals surface area contributed by atoms with Crippen LogP contribution in [0.5, 0.6) is 0 Å². The molecule has 0 bridgehead atoms. The van der Waals surface area contributed by atoms with Crippen molar-refractivity contribution >= 4 is 28.3 Å². The third-order valence-corrected chi connectivity index (χ3v) is 4.54. The van der Waals surface area contributed by atoms with Gasteiger partial charge >= 0.3 is 0 Å². The first-order valence-corrected chi connectivity index (χ1v) is 9.18. The minimum Gasteiger partial charge on any atom is -0.325 e. The second kappa shape index (κ2) is 8.89. The molecule has 0 aliphatic heterocycles. The number of hydrogen-bond acceptors (Lipinski definition) is 6. The van der Waals surface area contributed by atoms with Gasteiger partial charge < -0.3 is 5.32 Å². The molecule has 0 fully saturated rings. The van der Waals surface area contributed by atoms with Gasteiger partial charge in [-0.2, -0.15) is 5.26 Å². The second-order valence-corrected chi connectivity index (χ2v) is 6.45. The lowest BCUT2D eigenvalue weighted by Gasteiger charge is -2.10. The Morgan fingerprint density at radius 3 is 2.59 bits per heavy atom. The van der Waals surface area contributed by atoms with Crippen molar-refractivity contribution in [3.8, 4) is 6.07 Å². The number of nitriles is 1. The molecule has 1 unspecified atom stereocenters. The SMILES string of the molecule is CCc1ccc(NC(=O)C(C#N)C(=O)CCn2nnc3ccccc3c2=O)cc1. The molecule has 146 valence electrons. The van der Waals surface area contributed by atoms with E-state index in [9.17, 15) is 19.6 Å². The van der Waals surface area contributed by atoms with Gasteiger partial charge in [-0.05, 0) is 36.2 Å². The minimum atomic E-state index is -1.47. The molecular formula is C21H19N5O3. The Morgan fingerprint density at radius 1 is 1.17 bits per heavy atom. The monoisotopic (exact) mass is 389 g/mol. The average Bonchev–Trinajstić information content (AvgIpc) is 2.74. The van der Waals surface area contributed by atoms with E-state index in [-0.39, 0.29) is 18.5 Å². The van der Waals surface area contributed by atoms with E-state index in [1.807, 2.05) is 19.1 Å². The van der Waals surface area contributed by atoms with Gasteiger partial charge in [0.05, 0.1) is 18.0 Å². The van der Waals surface area contributed by atoms with Crippen molar-refractivity contribution in [2.75, 3.05) is 5.32 Å². The zero-order valence-electron chi connectivity index (χ0n) is 15.8. The maximum atomic E-state index is 12.4. The van der Waals surface area contributed by atoms with Crippen LogP contribution in [-0.2, 0) is 22.6 Å². The number of amides is 1. The molecule has 0 aliphatic carbocycles. The molecule has 1 N–H and O–H groups in total. The van der Waals surface area contributed by atoms with Gasteiger partial charge in [-0.25, -0.2) is 4.68 Å². The van der Waals surface area contributed by atoms with Crippen molar-refractivity contribution in [2.45, 2.75) is 26.3 Å². The first kappa shape index (κ1) is 19.9. The largest absolute Gasteiger partial charge is 0.325 e. The smallest absolute Gasteiger partial charge is 0.277 e. The number of ketones is 1. The fourth-order valence-electron chi connectivity index (χ4n) is 2.85.